The van der Waals surface area contributed by atoms with E-state index in [1.165, 1.54) is 28.8 Å². The second-order valence-corrected chi connectivity index (χ2v) is 13.4. The van der Waals surface area contributed by atoms with Crippen molar-refractivity contribution in [1.29, 1.82) is 0 Å². The second kappa shape index (κ2) is 15.7. The number of rotatable bonds is 14. The summed E-state index contributed by atoms with van der Waals surface area (Å²) in [7, 11) is -4.26. The molecule has 2 atom stereocenters. The molecule has 43 heavy (non-hydrogen) atoms. The van der Waals surface area contributed by atoms with Gasteiger partial charge in [0.1, 0.15) is 18.3 Å². The van der Waals surface area contributed by atoms with E-state index in [2.05, 4.69) is 5.32 Å². The Balaban J connectivity index is 2.12. The van der Waals surface area contributed by atoms with Crippen LogP contribution in [0.3, 0.4) is 0 Å². The first kappa shape index (κ1) is 34.6. The number of benzene rings is 3. The summed E-state index contributed by atoms with van der Waals surface area (Å²) < 4.78 is 35.1. The highest BCUT2D eigenvalue weighted by Crippen LogP contribution is 2.34. The molecule has 0 heterocycles. The first-order valence-corrected chi connectivity index (χ1v) is 17.3. The summed E-state index contributed by atoms with van der Waals surface area (Å²) in [5.74, 6) is -0.716. The predicted octanol–water partition coefficient (Wildman–Crippen LogP) is 6.64. The number of hydrogen-bond donors (Lipinski definition) is 1. The number of thioether (sulfide) groups is 1. The molecule has 0 unspecified atom stereocenters. The van der Waals surface area contributed by atoms with Crippen LogP contribution in [-0.4, -0.2) is 56.6 Å². The van der Waals surface area contributed by atoms with E-state index >= 15 is 0 Å². The molecule has 3 aromatic carbocycles. The van der Waals surface area contributed by atoms with E-state index in [9.17, 15) is 18.0 Å². The fraction of sp³-hybridized carbons (Fsp3) is 0.355. The van der Waals surface area contributed by atoms with Gasteiger partial charge in [-0.15, -0.1) is 11.8 Å². The van der Waals surface area contributed by atoms with Gasteiger partial charge in [-0.2, -0.15) is 0 Å². The summed E-state index contributed by atoms with van der Waals surface area (Å²) >= 11 is 14.4. The molecule has 0 aliphatic rings. The quantitative estimate of drug-likeness (QED) is 0.194. The van der Waals surface area contributed by atoms with E-state index in [1.807, 2.05) is 20.1 Å². The Kier molecular flexibility index (Phi) is 12.6. The zero-order valence-corrected chi connectivity index (χ0v) is 28.0. The van der Waals surface area contributed by atoms with Crippen LogP contribution < -0.4 is 14.4 Å². The minimum atomic E-state index is -4.26. The maximum atomic E-state index is 14.2. The fourth-order valence-electron chi connectivity index (χ4n) is 4.23. The Morgan fingerprint density at radius 1 is 0.953 bits per heavy atom. The summed E-state index contributed by atoms with van der Waals surface area (Å²) in [5, 5.41) is 3.54. The number of hydrogen-bond acceptors (Lipinski definition) is 6. The van der Waals surface area contributed by atoms with Gasteiger partial charge >= 0.3 is 0 Å². The monoisotopic (exact) mass is 665 g/mol. The van der Waals surface area contributed by atoms with Crippen molar-refractivity contribution in [3.63, 3.8) is 0 Å². The van der Waals surface area contributed by atoms with Gasteiger partial charge in [0, 0.05) is 33.1 Å². The summed E-state index contributed by atoms with van der Waals surface area (Å²) in [6, 6.07) is 16.9. The van der Waals surface area contributed by atoms with Gasteiger partial charge in [0.05, 0.1) is 17.2 Å². The SMILES string of the molecule is CCOc1ccccc1N(CC(=O)N(Cc1c(Cl)cccc1Cl)[C@H](C)C(=O)N[C@@H](C)CC)S(=O)(=O)c1ccc(SC)cc1. The van der Waals surface area contributed by atoms with Crippen molar-refractivity contribution in [1.82, 2.24) is 10.2 Å². The molecule has 2 amide bonds. The minimum Gasteiger partial charge on any atom is -0.492 e. The standard InChI is InChI=1S/C31H37Cl2N3O5S2/c1-6-21(3)34-31(38)22(4)35(19-25-26(32)11-10-12-27(25)33)30(37)20-36(28-13-8-9-14-29(28)41-7-2)43(39,40)24-17-15-23(42-5)16-18-24/h8-18,21-22H,6-7,19-20H2,1-5H3,(H,34,38)/t21-,22+/m0/s1. The van der Waals surface area contributed by atoms with Crippen molar-refractivity contribution in [2.24, 2.45) is 0 Å². The van der Waals surface area contributed by atoms with E-state index in [4.69, 9.17) is 27.9 Å². The number of nitrogens with one attached hydrogen (secondary N) is 1. The van der Waals surface area contributed by atoms with E-state index in [0.29, 0.717) is 27.8 Å². The molecule has 0 aromatic heterocycles. The zero-order valence-electron chi connectivity index (χ0n) is 24.8. The Bertz CT molecular complexity index is 1500. The van der Waals surface area contributed by atoms with Crippen LogP contribution in [0.25, 0.3) is 0 Å². The average molecular weight is 667 g/mol. The molecule has 3 aromatic rings. The molecule has 0 fully saturated rings. The molecule has 0 radical (unpaired) electrons. The molecule has 0 bridgehead atoms. The number of nitrogens with zero attached hydrogens (tertiary/aromatic N) is 2. The molecular weight excluding hydrogens is 629 g/mol. The number of carbonyl (C=O) groups excluding carboxylic acids is 2. The first-order valence-electron chi connectivity index (χ1n) is 13.9. The fourth-order valence-corrected chi connectivity index (χ4v) is 6.58. The van der Waals surface area contributed by atoms with Gasteiger partial charge in [0.15, 0.2) is 0 Å². The average Bonchev–Trinajstić information content (AvgIpc) is 2.99. The molecule has 3 rings (SSSR count). The van der Waals surface area contributed by atoms with Crippen LogP contribution in [0.15, 0.2) is 76.5 Å². The van der Waals surface area contributed by atoms with Gasteiger partial charge in [-0.05, 0) is 82.0 Å². The topological polar surface area (TPSA) is 96.0 Å². The number of sulfonamides is 1. The van der Waals surface area contributed by atoms with Crippen LogP contribution in [-0.2, 0) is 26.2 Å². The van der Waals surface area contributed by atoms with Crippen molar-refractivity contribution in [2.75, 3.05) is 23.7 Å². The molecule has 0 aliphatic carbocycles. The van der Waals surface area contributed by atoms with E-state index < -0.39 is 28.5 Å². The molecule has 8 nitrogen and oxygen atoms in total. The van der Waals surface area contributed by atoms with Gasteiger partial charge in [0.2, 0.25) is 11.8 Å². The highest BCUT2D eigenvalue weighted by molar-refractivity contribution is 7.98. The van der Waals surface area contributed by atoms with Gasteiger partial charge in [-0.25, -0.2) is 8.42 Å². The minimum absolute atomic E-state index is 0.00709. The molecule has 0 spiro atoms. The lowest BCUT2D eigenvalue weighted by Crippen LogP contribution is -2.52. The van der Waals surface area contributed by atoms with Crippen molar-refractivity contribution in [2.45, 2.75) is 62.5 Å². The van der Waals surface area contributed by atoms with Gasteiger partial charge in [-0.1, -0.05) is 48.3 Å². The Labute approximate surface area is 268 Å². The highest BCUT2D eigenvalue weighted by atomic mass is 35.5. The zero-order chi connectivity index (χ0) is 31.7. The smallest absolute Gasteiger partial charge is 0.264 e. The van der Waals surface area contributed by atoms with Crippen molar-refractivity contribution < 1.29 is 22.7 Å². The summed E-state index contributed by atoms with van der Waals surface area (Å²) in [5.41, 5.74) is 0.637. The largest absolute Gasteiger partial charge is 0.492 e. The molecule has 1 N–H and O–H groups in total. The number of anilines is 1. The van der Waals surface area contributed by atoms with Crippen LogP contribution >= 0.6 is 35.0 Å². The Morgan fingerprint density at radius 2 is 1.58 bits per heavy atom. The van der Waals surface area contributed by atoms with Gasteiger partial charge in [-0.3, -0.25) is 13.9 Å². The van der Waals surface area contributed by atoms with E-state index in [-0.39, 0.29) is 35.7 Å². The lowest BCUT2D eigenvalue weighted by Gasteiger charge is -2.33. The lowest BCUT2D eigenvalue weighted by molar-refractivity contribution is -0.139. The normalized spacial score (nSPS) is 12.7. The number of para-hydroxylation sites is 2. The van der Waals surface area contributed by atoms with Gasteiger partial charge < -0.3 is 15.0 Å². The van der Waals surface area contributed by atoms with Crippen molar-refractivity contribution in [3.8, 4) is 5.75 Å². The summed E-state index contributed by atoms with van der Waals surface area (Å²) in [6.45, 7) is 6.74. The maximum Gasteiger partial charge on any atom is 0.264 e. The number of carbonyl (C=O) groups is 2. The number of ether oxygens (including phenoxy) is 1. The third-order valence-electron chi connectivity index (χ3n) is 6.92. The molecule has 0 aliphatic heterocycles. The van der Waals surface area contributed by atoms with Crippen LogP contribution in [0, 0.1) is 0 Å². The van der Waals surface area contributed by atoms with Crippen LogP contribution in [0.2, 0.25) is 10.0 Å². The maximum absolute atomic E-state index is 14.2. The van der Waals surface area contributed by atoms with E-state index in [0.717, 1.165) is 9.20 Å². The molecule has 0 saturated carbocycles. The van der Waals surface area contributed by atoms with Gasteiger partial charge in [0.25, 0.3) is 10.0 Å². The number of amides is 2. The van der Waals surface area contributed by atoms with Crippen LogP contribution in [0.5, 0.6) is 5.75 Å². The van der Waals surface area contributed by atoms with E-state index in [1.54, 1.807) is 68.4 Å². The van der Waals surface area contributed by atoms with Crippen molar-refractivity contribution >= 4 is 62.5 Å². The number of halogens is 2. The molecule has 0 saturated heterocycles. The third kappa shape index (κ3) is 8.59. The van der Waals surface area contributed by atoms with Crippen molar-refractivity contribution in [3.05, 3.63) is 82.3 Å². The van der Waals surface area contributed by atoms with Crippen LogP contribution in [0.1, 0.15) is 39.7 Å². The molecule has 12 heteroatoms. The second-order valence-electron chi connectivity index (χ2n) is 9.80. The predicted molar refractivity (Wildman–Crippen MR) is 175 cm³/mol. The lowest BCUT2D eigenvalue weighted by atomic mass is 10.1. The molecule has 232 valence electrons. The Morgan fingerprint density at radius 3 is 2.16 bits per heavy atom. The Hall–Kier alpha value is -2.92. The molecular formula is C31H37Cl2N3O5S2. The summed E-state index contributed by atoms with van der Waals surface area (Å²) in [6.07, 6.45) is 2.59. The summed E-state index contributed by atoms with van der Waals surface area (Å²) in [4.78, 5) is 29.7. The highest BCUT2D eigenvalue weighted by Gasteiger charge is 2.34. The van der Waals surface area contributed by atoms with Crippen LogP contribution in [0.4, 0.5) is 5.69 Å². The third-order valence-corrected chi connectivity index (χ3v) is 10.1. The first-order chi connectivity index (χ1) is 20.4.